The van der Waals surface area contributed by atoms with Crippen LogP contribution in [-0.2, 0) is 5.75 Å². The van der Waals surface area contributed by atoms with Gasteiger partial charge in [0.1, 0.15) is 5.75 Å². The molecule has 0 aliphatic carbocycles. The maximum Gasteiger partial charge on any atom is 0.115 e. The zero-order chi connectivity index (χ0) is 13.8. The minimum Gasteiger partial charge on any atom is -0.508 e. The molecule has 0 fully saturated rings. The van der Waals surface area contributed by atoms with Gasteiger partial charge in [-0.1, -0.05) is 12.1 Å². The van der Waals surface area contributed by atoms with Crippen molar-refractivity contribution in [3.63, 3.8) is 0 Å². The molecule has 0 radical (unpaired) electrons. The number of rotatable bonds is 4. The van der Waals surface area contributed by atoms with E-state index in [1.165, 1.54) is 5.56 Å². The third-order valence-corrected chi connectivity index (χ3v) is 4.06. The molecule has 3 aromatic rings. The Hall–Kier alpha value is -2.20. The van der Waals surface area contributed by atoms with Crippen LogP contribution >= 0.6 is 11.8 Å². The molecule has 0 bridgehead atoms. The second kappa shape index (κ2) is 5.84. The fourth-order valence-corrected chi connectivity index (χ4v) is 2.74. The molecule has 0 saturated heterocycles. The molecule has 0 aliphatic rings. The number of benzene rings is 2. The number of phenols is 1. The fraction of sp³-hybridized carbons (Fsp3) is 0.0625. The summed E-state index contributed by atoms with van der Waals surface area (Å²) in [5.41, 5.74) is 2.38. The van der Waals surface area contributed by atoms with Crippen molar-refractivity contribution in [2.75, 3.05) is 0 Å². The van der Waals surface area contributed by atoms with E-state index in [4.69, 9.17) is 0 Å². The molecule has 2 aromatic carbocycles. The van der Waals surface area contributed by atoms with E-state index >= 15 is 0 Å². The van der Waals surface area contributed by atoms with E-state index in [1.54, 1.807) is 36.4 Å². The molecule has 4 heteroatoms. The van der Waals surface area contributed by atoms with Crippen molar-refractivity contribution in [1.29, 1.82) is 0 Å². The summed E-state index contributed by atoms with van der Waals surface area (Å²) >= 11 is 1.76. The SMILES string of the molecule is Oc1ccc(SCc2ccc(-n3ccnc3)cc2)cc1. The molecule has 0 saturated carbocycles. The van der Waals surface area contributed by atoms with Gasteiger partial charge in [0.2, 0.25) is 0 Å². The Morgan fingerprint density at radius 1 is 1.00 bits per heavy atom. The summed E-state index contributed by atoms with van der Waals surface area (Å²) in [5, 5.41) is 9.25. The highest BCUT2D eigenvalue weighted by Gasteiger charge is 1.99. The largest absolute Gasteiger partial charge is 0.508 e. The number of hydrogen-bond donors (Lipinski definition) is 1. The maximum absolute atomic E-state index is 9.25. The number of aromatic nitrogens is 2. The first kappa shape index (κ1) is 12.8. The van der Waals surface area contributed by atoms with Gasteiger partial charge >= 0.3 is 0 Å². The molecule has 0 spiro atoms. The molecular weight excluding hydrogens is 268 g/mol. The monoisotopic (exact) mass is 282 g/mol. The van der Waals surface area contributed by atoms with Crippen LogP contribution in [0.4, 0.5) is 0 Å². The average Bonchev–Trinajstić information content (AvgIpc) is 3.01. The van der Waals surface area contributed by atoms with E-state index in [2.05, 4.69) is 29.2 Å². The summed E-state index contributed by atoms with van der Waals surface area (Å²) in [7, 11) is 0. The van der Waals surface area contributed by atoms with Crippen LogP contribution in [0, 0.1) is 0 Å². The molecule has 0 amide bonds. The predicted molar refractivity (Wildman–Crippen MR) is 81.2 cm³/mol. The summed E-state index contributed by atoms with van der Waals surface area (Å²) in [6, 6.07) is 15.7. The van der Waals surface area contributed by atoms with E-state index < -0.39 is 0 Å². The Balaban J connectivity index is 1.65. The predicted octanol–water partition coefficient (Wildman–Crippen LogP) is 3.87. The Morgan fingerprint density at radius 2 is 1.75 bits per heavy atom. The van der Waals surface area contributed by atoms with Gasteiger partial charge in [0.15, 0.2) is 0 Å². The number of hydrogen-bond acceptors (Lipinski definition) is 3. The van der Waals surface area contributed by atoms with Crippen molar-refractivity contribution >= 4 is 11.8 Å². The molecule has 3 nitrogen and oxygen atoms in total. The van der Waals surface area contributed by atoms with Crippen LogP contribution in [0.1, 0.15) is 5.56 Å². The smallest absolute Gasteiger partial charge is 0.115 e. The van der Waals surface area contributed by atoms with Crippen molar-refractivity contribution in [2.45, 2.75) is 10.6 Å². The first-order valence-electron chi connectivity index (χ1n) is 6.30. The average molecular weight is 282 g/mol. The van der Waals surface area contributed by atoms with Crippen LogP contribution in [0.15, 0.2) is 72.1 Å². The van der Waals surface area contributed by atoms with Crippen molar-refractivity contribution in [1.82, 2.24) is 9.55 Å². The summed E-state index contributed by atoms with van der Waals surface area (Å²) in [4.78, 5) is 5.20. The Morgan fingerprint density at radius 3 is 2.40 bits per heavy atom. The normalized spacial score (nSPS) is 10.6. The first-order valence-corrected chi connectivity index (χ1v) is 7.29. The summed E-state index contributed by atoms with van der Waals surface area (Å²) in [6.45, 7) is 0. The van der Waals surface area contributed by atoms with E-state index in [9.17, 15) is 5.11 Å². The first-order chi connectivity index (χ1) is 9.81. The molecule has 20 heavy (non-hydrogen) atoms. The lowest BCUT2D eigenvalue weighted by molar-refractivity contribution is 0.475. The van der Waals surface area contributed by atoms with Gasteiger partial charge in [0.25, 0.3) is 0 Å². The van der Waals surface area contributed by atoms with Gasteiger partial charge < -0.3 is 9.67 Å². The van der Waals surface area contributed by atoms with Gasteiger partial charge in [-0.05, 0) is 42.0 Å². The third kappa shape index (κ3) is 3.03. The molecule has 0 atom stereocenters. The van der Waals surface area contributed by atoms with Crippen LogP contribution in [0.5, 0.6) is 5.75 Å². The number of nitrogens with zero attached hydrogens (tertiary/aromatic N) is 2. The van der Waals surface area contributed by atoms with E-state index in [0.717, 1.165) is 16.3 Å². The van der Waals surface area contributed by atoms with Gasteiger partial charge in [-0.2, -0.15) is 0 Å². The molecule has 1 N–H and O–H groups in total. The van der Waals surface area contributed by atoms with E-state index in [1.807, 2.05) is 22.9 Å². The molecule has 3 rings (SSSR count). The van der Waals surface area contributed by atoms with Gasteiger partial charge in [0.05, 0.1) is 6.33 Å². The van der Waals surface area contributed by atoms with Crippen LogP contribution in [-0.4, -0.2) is 14.7 Å². The van der Waals surface area contributed by atoms with Gasteiger partial charge in [-0.15, -0.1) is 11.8 Å². The minimum absolute atomic E-state index is 0.305. The summed E-state index contributed by atoms with van der Waals surface area (Å²) in [6.07, 6.45) is 5.50. The lowest BCUT2D eigenvalue weighted by Gasteiger charge is -2.05. The lowest BCUT2D eigenvalue weighted by Crippen LogP contribution is -1.90. The standard InChI is InChI=1S/C16H14N2OS/c19-15-5-7-16(8-6-15)20-11-13-1-3-14(4-2-13)18-10-9-17-12-18/h1-10,12,19H,11H2. The zero-order valence-corrected chi connectivity index (χ0v) is 11.6. The summed E-state index contributed by atoms with van der Waals surface area (Å²) in [5.74, 6) is 1.22. The number of phenolic OH excluding ortho intramolecular Hbond substituents is 1. The van der Waals surface area contributed by atoms with Crippen molar-refractivity contribution < 1.29 is 5.11 Å². The second-order valence-electron chi connectivity index (χ2n) is 4.42. The number of aromatic hydroxyl groups is 1. The van der Waals surface area contributed by atoms with Gasteiger partial charge in [0, 0.05) is 28.7 Å². The Kier molecular flexibility index (Phi) is 3.74. The van der Waals surface area contributed by atoms with Crippen LogP contribution < -0.4 is 0 Å². The highest BCUT2D eigenvalue weighted by atomic mass is 32.2. The van der Waals surface area contributed by atoms with Crippen LogP contribution in [0.25, 0.3) is 5.69 Å². The van der Waals surface area contributed by atoms with Crippen molar-refractivity contribution in [2.24, 2.45) is 0 Å². The Bertz CT molecular complexity index is 661. The van der Waals surface area contributed by atoms with Crippen LogP contribution in [0.3, 0.4) is 0 Å². The van der Waals surface area contributed by atoms with E-state index in [0.29, 0.717) is 5.75 Å². The van der Waals surface area contributed by atoms with E-state index in [-0.39, 0.29) is 0 Å². The third-order valence-electron chi connectivity index (χ3n) is 2.98. The molecule has 0 unspecified atom stereocenters. The zero-order valence-electron chi connectivity index (χ0n) is 10.8. The lowest BCUT2D eigenvalue weighted by atomic mass is 10.2. The highest BCUT2D eigenvalue weighted by Crippen LogP contribution is 2.24. The van der Waals surface area contributed by atoms with Crippen LogP contribution in [0.2, 0.25) is 0 Å². The number of imidazole rings is 1. The minimum atomic E-state index is 0.305. The topological polar surface area (TPSA) is 38.0 Å². The summed E-state index contributed by atoms with van der Waals surface area (Å²) < 4.78 is 1.98. The molecule has 0 aliphatic heterocycles. The Labute approximate surface area is 121 Å². The van der Waals surface area contributed by atoms with Gasteiger partial charge in [-0.3, -0.25) is 0 Å². The molecule has 100 valence electrons. The van der Waals surface area contributed by atoms with Gasteiger partial charge in [-0.25, -0.2) is 4.98 Å². The maximum atomic E-state index is 9.25. The second-order valence-corrected chi connectivity index (χ2v) is 5.47. The molecule has 1 heterocycles. The highest BCUT2D eigenvalue weighted by molar-refractivity contribution is 7.98. The van der Waals surface area contributed by atoms with Crippen molar-refractivity contribution in [3.8, 4) is 11.4 Å². The quantitative estimate of drug-likeness (QED) is 0.738. The fourth-order valence-electron chi connectivity index (χ4n) is 1.89. The van der Waals surface area contributed by atoms with Crippen molar-refractivity contribution in [3.05, 3.63) is 72.8 Å². The molecular formula is C16H14N2OS. The number of thioether (sulfide) groups is 1. The molecule has 1 aromatic heterocycles.